The van der Waals surface area contributed by atoms with Gasteiger partial charge in [0, 0.05) is 11.0 Å². The van der Waals surface area contributed by atoms with Gasteiger partial charge in [0.2, 0.25) is 11.8 Å². The highest BCUT2D eigenvalue weighted by Crippen LogP contribution is 2.09. The highest BCUT2D eigenvalue weighted by molar-refractivity contribution is 7.10. The minimum atomic E-state index is -1.30. The summed E-state index contributed by atoms with van der Waals surface area (Å²) in [6, 6.07) is 2.34. The van der Waals surface area contributed by atoms with Crippen LogP contribution in [0.4, 0.5) is 0 Å². The second kappa shape index (κ2) is 6.55. The third kappa shape index (κ3) is 4.79. The number of nitrogens with two attached hydrogens (primary N) is 1. The molecule has 0 fully saturated rings. The molecule has 7 heteroatoms. The largest absolute Gasteiger partial charge is 0.480 e. The van der Waals surface area contributed by atoms with Crippen LogP contribution < -0.4 is 11.1 Å². The zero-order chi connectivity index (χ0) is 13.5. The Labute approximate surface area is 107 Å². The van der Waals surface area contributed by atoms with E-state index in [-0.39, 0.29) is 0 Å². The topological polar surface area (TPSA) is 109 Å². The summed E-state index contributed by atoms with van der Waals surface area (Å²) >= 11 is 1.44. The predicted octanol–water partition coefficient (Wildman–Crippen LogP) is 0.206. The molecule has 1 aromatic rings. The van der Waals surface area contributed by atoms with Crippen molar-refractivity contribution in [1.29, 1.82) is 0 Å². The predicted molar refractivity (Wildman–Crippen MR) is 66.7 cm³/mol. The maximum atomic E-state index is 11.4. The number of carbonyl (C=O) groups excluding carboxylic acids is 2. The van der Waals surface area contributed by atoms with Crippen LogP contribution in [-0.4, -0.2) is 28.9 Å². The van der Waals surface area contributed by atoms with Crippen molar-refractivity contribution in [2.24, 2.45) is 5.73 Å². The van der Waals surface area contributed by atoms with Crippen LogP contribution in [-0.2, 0) is 14.4 Å². The Kier molecular flexibility index (Phi) is 5.06. The highest BCUT2D eigenvalue weighted by Gasteiger charge is 2.20. The van der Waals surface area contributed by atoms with E-state index in [9.17, 15) is 14.4 Å². The average molecular weight is 268 g/mol. The quantitative estimate of drug-likeness (QED) is 0.640. The van der Waals surface area contributed by atoms with Gasteiger partial charge in [-0.05, 0) is 17.5 Å². The lowest BCUT2D eigenvalue weighted by atomic mass is 10.2. The standard InChI is InChI=1S/C11H12N2O4S/c12-9(14)6-8(11(16)17)13-10(15)4-3-7-2-1-5-18-7/h1-5,8H,6H2,(H2,12,14)(H,13,15)(H,16,17)/b4-3+. The first-order chi connectivity index (χ1) is 8.49. The molecule has 1 atom stereocenters. The molecule has 2 amide bonds. The molecule has 4 N–H and O–H groups in total. The molecule has 0 bridgehead atoms. The summed E-state index contributed by atoms with van der Waals surface area (Å²) in [4.78, 5) is 33.7. The van der Waals surface area contributed by atoms with E-state index in [2.05, 4.69) is 5.32 Å². The van der Waals surface area contributed by atoms with Gasteiger partial charge in [0.15, 0.2) is 0 Å². The molecule has 0 aliphatic rings. The van der Waals surface area contributed by atoms with Crippen LogP contribution in [0.5, 0.6) is 0 Å². The number of hydrogen-bond donors (Lipinski definition) is 3. The van der Waals surface area contributed by atoms with E-state index in [0.717, 1.165) is 4.88 Å². The number of primary amides is 1. The number of rotatable bonds is 6. The first-order valence-electron chi connectivity index (χ1n) is 5.02. The van der Waals surface area contributed by atoms with Crippen molar-refractivity contribution in [1.82, 2.24) is 5.32 Å². The molecule has 18 heavy (non-hydrogen) atoms. The zero-order valence-corrected chi connectivity index (χ0v) is 10.1. The lowest BCUT2D eigenvalue weighted by molar-refractivity contribution is -0.142. The minimum Gasteiger partial charge on any atom is -0.480 e. The summed E-state index contributed by atoms with van der Waals surface area (Å²) in [5, 5.41) is 12.8. The normalized spacial score (nSPS) is 12.2. The van der Waals surface area contributed by atoms with Crippen LogP contribution in [0, 0.1) is 0 Å². The maximum Gasteiger partial charge on any atom is 0.326 e. The number of carboxylic acids is 1. The van der Waals surface area contributed by atoms with E-state index in [0.29, 0.717) is 0 Å². The van der Waals surface area contributed by atoms with Gasteiger partial charge in [0.25, 0.3) is 0 Å². The molecule has 1 heterocycles. The molecule has 0 radical (unpaired) electrons. The molecule has 0 saturated carbocycles. The van der Waals surface area contributed by atoms with Crippen molar-refractivity contribution in [3.8, 4) is 0 Å². The molecular weight excluding hydrogens is 256 g/mol. The molecule has 1 unspecified atom stereocenters. The zero-order valence-electron chi connectivity index (χ0n) is 9.33. The number of nitrogens with one attached hydrogen (secondary N) is 1. The molecule has 1 rings (SSSR count). The van der Waals surface area contributed by atoms with Crippen LogP contribution in [0.2, 0.25) is 0 Å². The fraction of sp³-hybridized carbons (Fsp3) is 0.182. The van der Waals surface area contributed by atoms with Crippen molar-refractivity contribution >= 4 is 35.2 Å². The molecule has 6 nitrogen and oxygen atoms in total. The van der Waals surface area contributed by atoms with Gasteiger partial charge in [-0.1, -0.05) is 6.07 Å². The molecule has 0 aliphatic heterocycles. The van der Waals surface area contributed by atoms with Crippen LogP contribution >= 0.6 is 11.3 Å². The summed E-state index contributed by atoms with van der Waals surface area (Å²) < 4.78 is 0. The fourth-order valence-electron chi connectivity index (χ4n) is 1.17. The van der Waals surface area contributed by atoms with Crippen LogP contribution in [0.25, 0.3) is 6.08 Å². The number of thiophene rings is 1. The van der Waals surface area contributed by atoms with Gasteiger partial charge >= 0.3 is 5.97 Å². The van der Waals surface area contributed by atoms with Crippen LogP contribution in [0.15, 0.2) is 23.6 Å². The molecule has 0 saturated heterocycles. The van der Waals surface area contributed by atoms with E-state index in [1.807, 2.05) is 17.5 Å². The Morgan fingerprint density at radius 2 is 2.22 bits per heavy atom. The summed E-state index contributed by atoms with van der Waals surface area (Å²) in [5.41, 5.74) is 4.89. The first-order valence-corrected chi connectivity index (χ1v) is 5.90. The molecule has 96 valence electrons. The number of carbonyl (C=O) groups is 3. The SMILES string of the molecule is NC(=O)CC(NC(=O)/C=C/c1cccs1)C(=O)O. The number of hydrogen-bond acceptors (Lipinski definition) is 4. The molecule has 0 spiro atoms. The van der Waals surface area contributed by atoms with Crippen LogP contribution in [0.3, 0.4) is 0 Å². The van der Waals surface area contributed by atoms with E-state index in [1.54, 1.807) is 6.08 Å². The number of aliphatic carboxylic acids is 1. The van der Waals surface area contributed by atoms with Crippen molar-refractivity contribution < 1.29 is 19.5 Å². The summed E-state index contributed by atoms with van der Waals surface area (Å²) in [5.74, 6) is -2.67. The number of carboxylic acid groups (broad SMARTS) is 1. The second-order valence-corrected chi connectivity index (χ2v) is 4.40. The lowest BCUT2D eigenvalue weighted by Crippen LogP contribution is -2.42. The van der Waals surface area contributed by atoms with Gasteiger partial charge in [-0.3, -0.25) is 9.59 Å². The molecule has 0 aliphatic carbocycles. The van der Waals surface area contributed by atoms with Gasteiger partial charge in [0.1, 0.15) is 6.04 Å². The number of amides is 2. The van der Waals surface area contributed by atoms with Gasteiger partial charge in [-0.15, -0.1) is 11.3 Å². The van der Waals surface area contributed by atoms with Crippen molar-refractivity contribution in [2.75, 3.05) is 0 Å². The maximum absolute atomic E-state index is 11.4. The van der Waals surface area contributed by atoms with E-state index in [4.69, 9.17) is 10.8 Å². The smallest absolute Gasteiger partial charge is 0.326 e. The third-order valence-corrected chi connectivity index (χ3v) is 2.80. The Bertz CT molecular complexity index is 467. The highest BCUT2D eigenvalue weighted by atomic mass is 32.1. The second-order valence-electron chi connectivity index (χ2n) is 3.42. The Hall–Kier alpha value is -2.15. The van der Waals surface area contributed by atoms with Gasteiger partial charge in [-0.2, -0.15) is 0 Å². The van der Waals surface area contributed by atoms with Crippen LogP contribution in [0.1, 0.15) is 11.3 Å². The Morgan fingerprint density at radius 3 is 2.72 bits per heavy atom. The minimum absolute atomic E-state index is 0.437. The summed E-state index contributed by atoms with van der Waals surface area (Å²) in [6.07, 6.45) is 2.33. The summed E-state index contributed by atoms with van der Waals surface area (Å²) in [7, 11) is 0. The van der Waals surface area contributed by atoms with Gasteiger partial charge in [-0.25, -0.2) is 4.79 Å². The van der Waals surface area contributed by atoms with E-state index in [1.165, 1.54) is 17.4 Å². The Morgan fingerprint density at radius 1 is 1.50 bits per heavy atom. The van der Waals surface area contributed by atoms with Gasteiger partial charge < -0.3 is 16.2 Å². The third-order valence-electron chi connectivity index (χ3n) is 1.96. The van der Waals surface area contributed by atoms with E-state index >= 15 is 0 Å². The molecular formula is C11H12N2O4S. The van der Waals surface area contributed by atoms with Gasteiger partial charge in [0.05, 0.1) is 6.42 Å². The van der Waals surface area contributed by atoms with Crippen molar-refractivity contribution in [3.63, 3.8) is 0 Å². The van der Waals surface area contributed by atoms with Crippen molar-refractivity contribution in [2.45, 2.75) is 12.5 Å². The van der Waals surface area contributed by atoms with E-state index < -0.39 is 30.2 Å². The lowest BCUT2D eigenvalue weighted by Gasteiger charge is -2.10. The monoisotopic (exact) mass is 268 g/mol. The first kappa shape index (κ1) is 13.9. The average Bonchev–Trinajstić information content (AvgIpc) is 2.77. The summed E-state index contributed by atoms with van der Waals surface area (Å²) in [6.45, 7) is 0. The molecule has 0 aromatic carbocycles. The Balaban J connectivity index is 2.56. The fourth-order valence-corrected chi connectivity index (χ4v) is 1.78. The van der Waals surface area contributed by atoms with Crippen molar-refractivity contribution in [3.05, 3.63) is 28.5 Å². The molecule has 1 aromatic heterocycles.